The van der Waals surface area contributed by atoms with Crippen molar-refractivity contribution in [1.82, 2.24) is 19.5 Å². The SMILES string of the molecule is CC1(C2C[C@@H]3CN(C(=O)c4nnc5ccc(C(F)(F)F)cn45)C[C@@H]3C2)C=CC=CC1C(F)(F)F. The third kappa shape index (κ3) is 3.69. The largest absolute Gasteiger partial charge is 0.417 e. The van der Waals surface area contributed by atoms with Crippen molar-refractivity contribution in [3.8, 4) is 0 Å². The van der Waals surface area contributed by atoms with Gasteiger partial charge in [0.1, 0.15) is 0 Å². The Morgan fingerprint density at radius 3 is 2.32 bits per heavy atom. The number of nitrogens with zero attached hydrogens (tertiary/aromatic N) is 4. The first kappa shape index (κ1) is 22.9. The van der Waals surface area contributed by atoms with Crippen LogP contribution in [0, 0.1) is 29.1 Å². The molecule has 5 atom stereocenters. The maximum absolute atomic E-state index is 13.7. The number of rotatable bonds is 2. The number of pyridine rings is 1. The van der Waals surface area contributed by atoms with Crippen molar-refractivity contribution >= 4 is 11.6 Å². The minimum Gasteiger partial charge on any atom is -0.335 e. The van der Waals surface area contributed by atoms with E-state index in [9.17, 15) is 31.1 Å². The van der Waals surface area contributed by atoms with Crippen LogP contribution in [0.1, 0.15) is 35.9 Å². The molecule has 0 N–H and O–H groups in total. The van der Waals surface area contributed by atoms with Gasteiger partial charge in [-0.15, -0.1) is 10.2 Å². The predicted octanol–water partition coefficient (Wildman–Crippen LogP) is 5.16. The first-order chi connectivity index (χ1) is 15.9. The highest BCUT2D eigenvalue weighted by Crippen LogP contribution is 2.56. The van der Waals surface area contributed by atoms with Crippen LogP contribution in [0.3, 0.4) is 0 Å². The van der Waals surface area contributed by atoms with Crippen molar-refractivity contribution in [3.05, 3.63) is 54.0 Å². The first-order valence-corrected chi connectivity index (χ1v) is 11.0. The van der Waals surface area contributed by atoms with Crippen LogP contribution in [0.5, 0.6) is 0 Å². The fourth-order valence-corrected chi connectivity index (χ4v) is 5.92. The van der Waals surface area contributed by atoms with Crippen molar-refractivity contribution in [2.75, 3.05) is 13.1 Å². The molecule has 1 saturated carbocycles. The molecule has 182 valence electrons. The number of aromatic nitrogens is 3. The summed E-state index contributed by atoms with van der Waals surface area (Å²) < 4.78 is 81.5. The standard InChI is InChI=1S/C23H22F6N4O/c1-21(7-3-2-4-17(21)23(27,28)29)16-8-13-10-32(11-14(13)9-16)20(34)19-31-30-18-6-5-15(12-33(18)19)22(24,25)26/h2-7,12-14,16-17H,8-11H2,1H3/t13-,14+,16?,17?,21?. The second-order valence-corrected chi connectivity index (χ2v) is 9.70. The van der Waals surface area contributed by atoms with Crippen molar-refractivity contribution < 1.29 is 31.1 Å². The molecule has 0 radical (unpaired) electrons. The molecule has 5 rings (SSSR count). The van der Waals surface area contributed by atoms with E-state index in [0.29, 0.717) is 25.9 Å². The van der Waals surface area contributed by atoms with E-state index in [1.165, 1.54) is 17.1 Å². The number of halogens is 6. The Bertz CT molecular complexity index is 1170. The summed E-state index contributed by atoms with van der Waals surface area (Å²) in [6.45, 7) is 2.32. The zero-order valence-electron chi connectivity index (χ0n) is 18.1. The Balaban J connectivity index is 1.33. The topological polar surface area (TPSA) is 50.5 Å². The minimum absolute atomic E-state index is 0.0314. The van der Waals surface area contributed by atoms with E-state index in [2.05, 4.69) is 10.2 Å². The molecular weight excluding hydrogens is 462 g/mol. The molecular formula is C23H22F6N4O. The van der Waals surface area contributed by atoms with Crippen LogP contribution >= 0.6 is 0 Å². The van der Waals surface area contributed by atoms with Crippen molar-refractivity contribution in [3.63, 3.8) is 0 Å². The molecule has 2 aliphatic carbocycles. The molecule has 0 aromatic carbocycles. The zero-order valence-corrected chi connectivity index (χ0v) is 18.1. The van der Waals surface area contributed by atoms with Gasteiger partial charge in [-0.25, -0.2) is 0 Å². The monoisotopic (exact) mass is 484 g/mol. The van der Waals surface area contributed by atoms with Gasteiger partial charge in [0.2, 0.25) is 5.82 Å². The van der Waals surface area contributed by atoms with Gasteiger partial charge in [0.05, 0.1) is 11.5 Å². The lowest BCUT2D eigenvalue weighted by molar-refractivity contribution is -0.190. The second-order valence-electron chi connectivity index (χ2n) is 9.70. The van der Waals surface area contributed by atoms with Crippen LogP contribution in [0.25, 0.3) is 5.65 Å². The average Bonchev–Trinajstić information content (AvgIpc) is 3.44. The van der Waals surface area contributed by atoms with E-state index in [1.807, 2.05) is 0 Å². The lowest BCUT2D eigenvalue weighted by Gasteiger charge is -2.41. The van der Waals surface area contributed by atoms with E-state index in [0.717, 1.165) is 22.7 Å². The second kappa shape index (κ2) is 7.58. The number of alkyl halides is 6. The molecule has 1 saturated heterocycles. The highest BCUT2D eigenvalue weighted by molar-refractivity contribution is 5.91. The quantitative estimate of drug-likeness (QED) is 0.554. The summed E-state index contributed by atoms with van der Waals surface area (Å²) in [5.41, 5.74) is -1.85. The molecule has 0 spiro atoms. The van der Waals surface area contributed by atoms with Crippen LogP contribution in [-0.2, 0) is 6.18 Å². The van der Waals surface area contributed by atoms with Crippen LogP contribution in [0.4, 0.5) is 26.3 Å². The van der Waals surface area contributed by atoms with Gasteiger partial charge in [0, 0.05) is 24.7 Å². The summed E-state index contributed by atoms with van der Waals surface area (Å²) in [7, 11) is 0. The molecule has 1 amide bonds. The van der Waals surface area contributed by atoms with Gasteiger partial charge in [-0.1, -0.05) is 31.2 Å². The predicted molar refractivity (Wildman–Crippen MR) is 110 cm³/mol. The van der Waals surface area contributed by atoms with E-state index in [-0.39, 0.29) is 29.2 Å². The molecule has 3 heterocycles. The third-order valence-electron chi connectivity index (χ3n) is 7.73. The lowest BCUT2D eigenvalue weighted by atomic mass is 9.64. The van der Waals surface area contributed by atoms with Gasteiger partial charge in [0.15, 0.2) is 5.65 Å². The molecule has 2 aromatic rings. The van der Waals surface area contributed by atoms with Gasteiger partial charge in [0.25, 0.3) is 5.91 Å². The Kier molecular flexibility index (Phi) is 5.11. The third-order valence-corrected chi connectivity index (χ3v) is 7.73. The van der Waals surface area contributed by atoms with Crippen LogP contribution in [0.2, 0.25) is 0 Å². The van der Waals surface area contributed by atoms with Gasteiger partial charge >= 0.3 is 12.4 Å². The lowest BCUT2D eigenvalue weighted by Crippen LogP contribution is -2.42. The summed E-state index contributed by atoms with van der Waals surface area (Å²) in [6.07, 6.45) is -1.05. The highest BCUT2D eigenvalue weighted by atomic mass is 19.4. The van der Waals surface area contributed by atoms with E-state index < -0.39 is 35.2 Å². The van der Waals surface area contributed by atoms with Gasteiger partial charge in [-0.3, -0.25) is 9.20 Å². The Hall–Kier alpha value is -2.85. The molecule has 2 fully saturated rings. The maximum Gasteiger partial charge on any atom is 0.417 e. The molecule has 1 aliphatic heterocycles. The van der Waals surface area contributed by atoms with E-state index >= 15 is 0 Å². The zero-order chi connectivity index (χ0) is 24.5. The average molecular weight is 484 g/mol. The molecule has 11 heteroatoms. The molecule has 3 unspecified atom stereocenters. The number of likely N-dealkylation sites (tertiary alicyclic amines) is 1. The molecule has 3 aliphatic rings. The smallest absolute Gasteiger partial charge is 0.335 e. The molecule has 5 nitrogen and oxygen atoms in total. The Morgan fingerprint density at radius 2 is 1.71 bits per heavy atom. The number of carbonyl (C=O) groups is 1. The fraction of sp³-hybridized carbons (Fsp3) is 0.522. The number of amides is 1. The Labute approximate surface area is 191 Å². The normalized spacial score (nSPS) is 31.4. The van der Waals surface area contributed by atoms with Crippen molar-refractivity contribution in [1.29, 1.82) is 0 Å². The number of hydrogen-bond acceptors (Lipinski definition) is 3. The fourth-order valence-electron chi connectivity index (χ4n) is 5.92. The summed E-state index contributed by atoms with van der Waals surface area (Å²) in [6, 6.07) is 2.03. The van der Waals surface area contributed by atoms with Crippen molar-refractivity contribution in [2.45, 2.75) is 32.1 Å². The van der Waals surface area contributed by atoms with Gasteiger partial charge in [-0.2, -0.15) is 26.3 Å². The Morgan fingerprint density at radius 1 is 1.03 bits per heavy atom. The number of hydrogen-bond donors (Lipinski definition) is 0. The van der Waals surface area contributed by atoms with Crippen LogP contribution in [-0.4, -0.2) is 44.7 Å². The maximum atomic E-state index is 13.7. The van der Waals surface area contributed by atoms with Crippen LogP contribution < -0.4 is 0 Å². The van der Waals surface area contributed by atoms with E-state index in [1.54, 1.807) is 19.1 Å². The summed E-state index contributed by atoms with van der Waals surface area (Å²) in [4.78, 5) is 14.6. The molecule has 0 bridgehead atoms. The van der Waals surface area contributed by atoms with Crippen molar-refractivity contribution in [2.24, 2.45) is 29.1 Å². The molecule has 2 aromatic heterocycles. The van der Waals surface area contributed by atoms with Crippen LogP contribution in [0.15, 0.2) is 42.6 Å². The minimum atomic E-state index is -4.58. The number of carbonyl (C=O) groups excluding carboxylic acids is 1. The number of fused-ring (bicyclic) bond motifs is 2. The first-order valence-electron chi connectivity index (χ1n) is 11.0. The number of allylic oxidation sites excluding steroid dienone is 4. The molecule has 34 heavy (non-hydrogen) atoms. The van der Waals surface area contributed by atoms with Gasteiger partial charge < -0.3 is 4.90 Å². The summed E-state index contributed by atoms with van der Waals surface area (Å²) in [5, 5.41) is 7.60. The van der Waals surface area contributed by atoms with E-state index in [4.69, 9.17) is 0 Å². The summed E-state index contributed by atoms with van der Waals surface area (Å²) >= 11 is 0. The van der Waals surface area contributed by atoms with Gasteiger partial charge in [-0.05, 0) is 42.7 Å². The highest BCUT2D eigenvalue weighted by Gasteiger charge is 2.56. The summed E-state index contributed by atoms with van der Waals surface area (Å²) in [5.74, 6) is -2.42.